The average molecular weight is 550 g/mol. The van der Waals surface area contributed by atoms with Gasteiger partial charge in [-0.2, -0.15) is 0 Å². The maximum Gasteiger partial charge on any atom is 0.306 e. The van der Waals surface area contributed by atoms with Crippen LogP contribution in [0.1, 0.15) is 52.0 Å². The summed E-state index contributed by atoms with van der Waals surface area (Å²) in [5.41, 5.74) is 16.3. The van der Waals surface area contributed by atoms with Gasteiger partial charge >= 0.3 is 5.97 Å². The topological polar surface area (TPSA) is 230 Å². The van der Waals surface area contributed by atoms with Gasteiger partial charge in [-0.1, -0.05) is 6.07 Å². The number of aromatic nitrogens is 1. The average Bonchev–Trinajstić information content (AvgIpc) is 2.82. The van der Waals surface area contributed by atoms with E-state index < -0.39 is 59.2 Å². The van der Waals surface area contributed by atoms with E-state index in [1.54, 1.807) is 39.1 Å². The Morgan fingerprint density at radius 3 is 2.15 bits per heavy atom. The highest BCUT2D eigenvalue weighted by Crippen LogP contribution is 2.10. The summed E-state index contributed by atoms with van der Waals surface area (Å²) in [7, 11) is 1.35. The fourth-order valence-electron chi connectivity index (χ4n) is 3.44. The van der Waals surface area contributed by atoms with Gasteiger partial charge in [0.05, 0.1) is 12.6 Å². The van der Waals surface area contributed by atoms with Gasteiger partial charge in [0.2, 0.25) is 29.5 Å². The van der Waals surface area contributed by atoms with Crippen LogP contribution in [0.4, 0.5) is 0 Å². The third-order valence-corrected chi connectivity index (χ3v) is 5.28. The molecule has 5 amide bonds. The predicted octanol–water partition coefficient (Wildman–Crippen LogP) is -1.75. The Labute approximate surface area is 227 Å². The number of nitrogens with one attached hydrogen (secondary N) is 2. The van der Waals surface area contributed by atoms with Gasteiger partial charge in [-0.05, 0) is 45.2 Å². The van der Waals surface area contributed by atoms with E-state index in [2.05, 4.69) is 15.6 Å². The Kier molecular flexibility index (Phi) is 13.0. The number of esters is 1. The highest BCUT2D eigenvalue weighted by Gasteiger charge is 2.30. The summed E-state index contributed by atoms with van der Waals surface area (Å²) < 4.78 is 5.20. The number of carbonyl (C=O) groups excluding carboxylic acids is 6. The van der Waals surface area contributed by atoms with Crippen molar-refractivity contribution in [2.75, 3.05) is 13.6 Å². The molecule has 0 aliphatic heterocycles. The number of primary amides is 2. The molecule has 1 aromatic heterocycles. The molecule has 0 saturated heterocycles. The van der Waals surface area contributed by atoms with Gasteiger partial charge in [-0.25, -0.2) is 0 Å². The minimum absolute atomic E-state index is 0.0212. The number of amides is 5. The number of carbonyl (C=O) groups is 6. The third-order valence-electron chi connectivity index (χ3n) is 5.28. The molecule has 0 saturated carbocycles. The predicted molar refractivity (Wildman–Crippen MR) is 140 cm³/mol. The van der Waals surface area contributed by atoms with E-state index in [1.165, 1.54) is 13.2 Å². The van der Waals surface area contributed by atoms with Gasteiger partial charge < -0.3 is 37.5 Å². The number of nitrogens with two attached hydrogens (primary N) is 3. The highest BCUT2D eigenvalue weighted by molar-refractivity contribution is 5.94. The number of hydrogen-bond acceptors (Lipinski definition) is 9. The van der Waals surface area contributed by atoms with Gasteiger partial charge in [0.25, 0.3) is 0 Å². The molecule has 0 aliphatic rings. The Hall–Kier alpha value is -4.07. The molecule has 0 unspecified atom stereocenters. The first-order valence-electron chi connectivity index (χ1n) is 12.4. The van der Waals surface area contributed by atoms with E-state index in [-0.39, 0.29) is 38.6 Å². The second-order valence-electron chi connectivity index (χ2n) is 10.1. The Morgan fingerprint density at radius 2 is 1.62 bits per heavy atom. The van der Waals surface area contributed by atoms with Crippen molar-refractivity contribution in [2.24, 2.45) is 17.2 Å². The molecule has 3 atom stereocenters. The molecular weight excluding hydrogens is 510 g/mol. The van der Waals surface area contributed by atoms with Gasteiger partial charge in [0.1, 0.15) is 17.7 Å². The van der Waals surface area contributed by atoms with Crippen LogP contribution in [0.25, 0.3) is 0 Å². The van der Waals surface area contributed by atoms with Gasteiger partial charge in [-0.15, -0.1) is 0 Å². The largest absolute Gasteiger partial charge is 0.460 e. The minimum Gasteiger partial charge on any atom is -0.460 e. The van der Waals surface area contributed by atoms with E-state index >= 15 is 0 Å². The van der Waals surface area contributed by atoms with Crippen molar-refractivity contribution in [3.63, 3.8) is 0 Å². The molecule has 0 radical (unpaired) electrons. The van der Waals surface area contributed by atoms with Crippen molar-refractivity contribution in [1.82, 2.24) is 20.5 Å². The van der Waals surface area contributed by atoms with Gasteiger partial charge in [-0.3, -0.25) is 33.8 Å². The summed E-state index contributed by atoms with van der Waals surface area (Å²) in [5, 5.41) is 5.04. The Morgan fingerprint density at radius 1 is 0.974 bits per heavy atom. The SMILES string of the molecule is CN(CC(N)=O)C(=O)[C@H](Cc1cccnc1)NC(=O)[C@H](CCC(N)=O)NC(=O)[C@@H](N)CCC(=O)OC(C)(C)C. The summed E-state index contributed by atoms with van der Waals surface area (Å²) >= 11 is 0. The van der Waals surface area contributed by atoms with Gasteiger partial charge in [0.15, 0.2) is 0 Å². The molecule has 0 aliphatic carbocycles. The van der Waals surface area contributed by atoms with Crippen LogP contribution in [-0.4, -0.2) is 82.7 Å². The highest BCUT2D eigenvalue weighted by atomic mass is 16.6. The molecular formula is C25H39N7O7. The van der Waals surface area contributed by atoms with E-state index in [0.29, 0.717) is 5.56 Å². The molecule has 216 valence electrons. The molecule has 39 heavy (non-hydrogen) atoms. The fraction of sp³-hybridized carbons (Fsp3) is 0.560. The van der Waals surface area contributed by atoms with Crippen LogP contribution < -0.4 is 27.8 Å². The van der Waals surface area contributed by atoms with Gasteiger partial charge in [0, 0.05) is 38.7 Å². The number of rotatable bonds is 15. The van der Waals surface area contributed by atoms with E-state index in [9.17, 15) is 28.8 Å². The summed E-state index contributed by atoms with van der Waals surface area (Å²) in [6.45, 7) is 4.74. The molecule has 0 fully saturated rings. The van der Waals surface area contributed by atoms with E-state index in [0.717, 1.165) is 4.90 Å². The number of ether oxygens (including phenoxy) is 1. The normalized spacial score (nSPS) is 13.4. The molecule has 14 heteroatoms. The molecule has 0 aromatic carbocycles. The molecule has 8 N–H and O–H groups in total. The van der Waals surface area contributed by atoms with Crippen LogP contribution in [-0.2, 0) is 39.9 Å². The maximum atomic E-state index is 13.2. The van der Waals surface area contributed by atoms with Crippen LogP contribution in [0.5, 0.6) is 0 Å². The molecule has 14 nitrogen and oxygen atoms in total. The first-order valence-corrected chi connectivity index (χ1v) is 12.4. The lowest BCUT2D eigenvalue weighted by atomic mass is 10.0. The van der Waals surface area contributed by atoms with Crippen molar-refractivity contribution < 1.29 is 33.5 Å². The number of hydrogen-bond donors (Lipinski definition) is 5. The summed E-state index contributed by atoms with van der Waals surface area (Å²) in [6.07, 6.45) is 2.48. The van der Waals surface area contributed by atoms with Crippen LogP contribution in [0.3, 0.4) is 0 Å². The summed E-state index contributed by atoms with van der Waals surface area (Å²) in [4.78, 5) is 78.7. The second-order valence-corrected chi connectivity index (χ2v) is 10.1. The smallest absolute Gasteiger partial charge is 0.306 e. The Balaban J connectivity index is 3.01. The van der Waals surface area contributed by atoms with Crippen LogP contribution in [0.2, 0.25) is 0 Å². The van der Waals surface area contributed by atoms with Crippen molar-refractivity contribution in [3.05, 3.63) is 30.1 Å². The number of nitrogens with zero attached hydrogens (tertiary/aromatic N) is 2. The molecule has 1 rings (SSSR count). The third kappa shape index (κ3) is 13.3. The zero-order valence-corrected chi connectivity index (χ0v) is 22.8. The van der Waals surface area contributed by atoms with Crippen molar-refractivity contribution in [2.45, 2.75) is 76.6 Å². The first-order chi connectivity index (χ1) is 18.1. The van der Waals surface area contributed by atoms with Crippen LogP contribution in [0, 0.1) is 0 Å². The maximum absolute atomic E-state index is 13.2. The van der Waals surface area contributed by atoms with E-state index in [1.807, 2.05) is 0 Å². The van der Waals surface area contributed by atoms with Crippen molar-refractivity contribution >= 4 is 35.5 Å². The summed E-state index contributed by atoms with van der Waals surface area (Å²) in [6, 6.07) is -0.233. The monoisotopic (exact) mass is 549 g/mol. The number of pyridine rings is 1. The van der Waals surface area contributed by atoms with E-state index in [4.69, 9.17) is 21.9 Å². The second kappa shape index (κ2) is 15.4. The van der Waals surface area contributed by atoms with Crippen LogP contribution >= 0.6 is 0 Å². The minimum atomic E-state index is -1.27. The molecule has 0 spiro atoms. The zero-order chi connectivity index (χ0) is 29.8. The quantitative estimate of drug-likeness (QED) is 0.156. The lowest BCUT2D eigenvalue weighted by Gasteiger charge is -2.26. The van der Waals surface area contributed by atoms with Crippen molar-refractivity contribution in [1.29, 1.82) is 0 Å². The molecule has 1 aromatic rings. The summed E-state index contributed by atoms with van der Waals surface area (Å²) in [5.74, 6) is -4.13. The molecule has 1 heterocycles. The lowest BCUT2D eigenvalue weighted by Crippen LogP contribution is -2.57. The molecule has 0 bridgehead atoms. The lowest BCUT2D eigenvalue weighted by molar-refractivity contribution is -0.155. The zero-order valence-electron chi connectivity index (χ0n) is 22.8. The fourth-order valence-corrected chi connectivity index (χ4v) is 3.44. The standard InChI is InChI=1S/C25H39N7O7/c1-25(2,3)39-21(35)10-7-16(26)22(36)30-17(8-9-19(27)33)23(37)31-18(12-15-6-5-11-29-13-15)24(38)32(4)14-20(28)34/h5-6,11,13,16-18H,7-10,12,14,26H2,1-4H3,(H2,27,33)(H2,28,34)(H,30,36)(H,31,37)/t16-,17-,18-/m0/s1. The van der Waals surface area contributed by atoms with Crippen LogP contribution in [0.15, 0.2) is 24.5 Å². The van der Waals surface area contributed by atoms with Crippen molar-refractivity contribution in [3.8, 4) is 0 Å². The number of likely N-dealkylation sites (N-methyl/N-ethyl adjacent to an activating group) is 1. The first kappa shape index (κ1) is 33.0. The Bertz CT molecular complexity index is 1030.